The van der Waals surface area contributed by atoms with Crippen molar-refractivity contribution in [3.05, 3.63) is 59.7 Å². The molecule has 0 radical (unpaired) electrons. The van der Waals surface area contributed by atoms with Crippen LogP contribution in [0.15, 0.2) is 53.4 Å². The van der Waals surface area contributed by atoms with Crippen molar-refractivity contribution in [1.29, 1.82) is 5.26 Å². The molecule has 2 aromatic rings. The Morgan fingerprint density at radius 3 is 2.32 bits per heavy atom. The van der Waals surface area contributed by atoms with Crippen molar-refractivity contribution in [2.45, 2.75) is 18.2 Å². The summed E-state index contributed by atoms with van der Waals surface area (Å²) < 4.78 is 29.3. The zero-order chi connectivity index (χ0) is 18.3. The Balaban J connectivity index is 1.86. The molecule has 2 aromatic carbocycles. The molecule has 7 nitrogen and oxygen atoms in total. The number of nitriles is 1. The van der Waals surface area contributed by atoms with E-state index in [1.807, 2.05) is 30.0 Å². The zero-order valence-corrected chi connectivity index (χ0v) is 14.3. The number of nitrogens with zero attached hydrogens (tertiary/aromatic N) is 1. The topological polar surface area (TPSA) is 108 Å². The van der Waals surface area contributed by atoms with Crippen molar-refractivity contribution in [2.24, 2.45) is 0 Å². The fourth-order valence-electron chi connectivity index (χ4n) is 1.90. The van der Waals surface area contributed by atoms with Gasteiger partial charge in [0.05, 0.1) is 16.5 Å². The third-order valence-corrected chi connectivity index (χ3v) is 4.58. The fraction of sp³-hybridized carbons (Fsp3) is 0.176. The molecule has 8 heteroatoms. The molecule has 1 amide bonds. The van der Waals surface area contributed by atoms with Crippen LogP contribution < -0.4 is 15.0 Å². The van der Waals surface area contributed by atoms with Gasteiger partial charge in [0, 0.05) is 0 Å². The Bertz CT molecular complexity index is 870. The van der Waals surface area contributed by atoms with E-state index in [1.54, 1.807) is 12.1 Å². The van der Waals surface area contributed by atoms with Gasteiger partial charge in [0.25, 0.3) is 15.9 Å². The molecule has 0 unspecified atom stereocenters. The molecule has 130 valence electrons. The number of hydrazine groups is 1. The average molecular weight is 359 g/mol. The summed E-state index contributed by atoms with van der Waals surface area (Å²) in [6, 6.07) is 14.5. The molecule has 0 atom stereocenters. The second-order valence-corrected chi connectivity index (χ2v) is 6.76. The predicted octanol–water partition coefficient (Wildman–Crippen LogP) is 1.51. The molecule has 25 heavy (non-hydrogen) atoms. The van der Waals surface area contributed by atoms with Crippen LogP contribution in [0.4, 0.5) is 0 Å². The Morgan fingerprint density at radius 1 is 1.12 bits per heavy atom. The summed E-state index contributed by atoms with van der Waals surface area (Å²) in [5.74, 6) is -0.126. The van der Waals surface area contributed by atoms with Gasteiger partial charge in [0.15, 0.2) is 6.61 Å². The van der Waals surface area contributed by atoms with Crippen LogP contribution in [0.5, 0.6) is 5.75 Å². The van der Waals surface area contributed by atoms with Crippen LogP contribution in [0.2, 0.25) is 0 Å². The molecule has 0 aromatic heterocycles. The number of rotatable bonds is 7. The van der Waals surface area contributed by atoms with Crippen LogP contribution >= 0.6 is 0 Å². The summed E-state index contributed by atoms with van der Waals surface area (Å²) in [5, 5.41) is 8.70. The van der Waals surface area contributed by atoms with Gasteiger partial charge >= 0.3 is 0 Å². The van der Waals surface area contributed by atoms with E-state index in [1.165, 1.54) is 24.3 Å². The molecule has 0 saturated carbocycles. The maximum Gasteiger partial charge on any atom is 0.272 e. The number of hydrogen-bond donors (Lipinski definition) is 2. The molecule has 0 aliphatic rings. The van der Waals surface area contributed by atoms with Crippen molar-refractivity contribution in [3.63, 3.8) is 0 Å². The molecular formula is C17H17N3O4S. The molecule has 0 saturated heterocycles. The minimum absolute atomic E-state index is 0.0668. The minimum atomic E-state index is -3.92. The van der Waals surface area contributed by atoms with Crippen molar-refractivity contribution < 1.29 is 17.9 Å². The lowest BCUT2D eigenvalue weighted by atomic mass is 10.2. The monoisotopic (exact) mass is 359 g/mol. The van der Waals surface area contributed by atoms with E-state index in [4.69, 9.17) is 10.00 Å². The van der Waals surface area contributed by atoms with E-state index in [0.29, 0.717) is 11.3 Å². The molecule has 0 bridgehead atoms. The van der Waals surface area contributed by atoms with E-state index >= 15 is 0 Å². The van der Waals surface area contributed by atoms with Gasteiger partial charge in [-0.2, -0.15) is 5.26 Å². The number of hydrogen-bond acceptors (Lipinski definition) is 5. The molecule has 2 rings (SSSR count). The lowest BCUT2D eigenvalue weighted by Crippen LogP contribution is -2.43. The maximum absolute atomic E-state index is 12.0. The van der Waals surface area contributed by atoms with Gasteiger partial charge < -0.3 is 4.74 Å². The number of carbonyl (C=O) groups is 1. The lowest BCUT2D eigenvalue weighted by Gasteiger charge is -2.10. The first-order chi connectivity index (χ1) is 11.9. The maximum atomic E-state index is 12.0. The Kier molecular flexibility index (Phi) is 6.11. The van der Waals surface area contributed by atoms with Crippen LogP contribution in [0.3, 0.4) is 0 Å². The normalized spacial score (nSPS) is 10.7. The van der Waals surface area contributed by atoms with Gasteiger partial charge in [-0.05, 0) is 48.4 Å². The second kappa shape index (κ2) is 8.28. The summed E-state index contributed by atoms with van der Waals surface area (Å²) in [5.41, 5.74) is 3.56. The first kappa shape index (κ1) is 18.4. The predicted molar refractivity (Wildman–Crippen MR) is 90.9 cm³/mol. The molecular weight excluding hydrogens is 342 g/mol. The largest absolute Gasteiger partial charge is 0.484 e. The summed E-state index contributed by atoms with van der Waals surface area (Å²) in [4.78, 5) is 13.6. The third-order valence-electron chi connectivity index (χ3n) is 3.32. The number of benzene rings is 2. The highest BCUT2D eigenvalue weighted by Crippen LogP contribution is 2.12. The van der Waals surface area contributed by atoms with Gasteiger partial charge in [-0.3, -0.25) is 10.2 Å². The average Bonchev–Trinajstić information content (AvgIpc) is 2.65. The van der Waals surface area contributed by atoms with Crippen LogP contribution in [0.1, 0.15) is 18.1 Å². The lowest BCUT2D eigenvalue weighted by molar-refractivity contribution is -0.123. The van der Waals surface area contributed by atoms with E-state index in [-0.39, 0.29) is 11.5 Å². The number of sulfonamides is 1. The van der Waals surface area contributed by atoms with Crippen LogP contribution in [0.25, 0.3) is 0 Å². The number of amides is 1. The van der Waals surface area contributed by atoms with E-state index < -0.39 is 15.9 Å². The molecule has 0 aliphatic heterocycles. The molecule has 2 N–H and O–H groups in total. The number of carbonyl (C=O) groups excluding carboxylic acids is 1. The standard InChI is InChI=1S/C17H17N3O4S/c1-2-13-3-7-15(8-4-13)24-12-17(21)19-20-25(22,23)16-9-5-14(11-18)6-10-16/h3-10,20H,2,12H2,1H3,(H,19,21). The highest BCUT2D eigenvalue weighted by molar-refractivity contribution is 7.89. The van der Waals surface area contributed by atoms with Crippen molar-refractivity contribution in [2.75, 3.05) is 6.61 Å². The highest BCUT2D eigenvalue weighted by atomic mass is 32.2. The van der Waals surface area contributed by atoms with E-state index in [9.17, 15) is 13.2 Å². The van der Waals surface area contributed by atoms with E-state index in [0.717, 1.165) is 12.0 Å². The minimum Gasteiger partial charge on any atom is -0.484 e. The summed E-state index contributed by atoms with van der Waals surface area (Å²) >= 11 is 0. The Labute approximate surface area is 146 Å². The molecule has 0 heterocycles. The van der Waals surface area contributed by atoms with Gasteiger partial charge in [-0.15, -0.1) is 4.83 Å². The molecule has 0 aliphatic carbocycles. The van der Waals surface area contributed by atoms with Crippen LogP contribution in [0, 0.1) is 11.3 Å². The Hall–Kier alpha value is -2.89. The Morgan fingerprint density at radius 2 is 1.76 bits per heavy atom. The summed E-state index contributed by atoms with van der Waals surface area (Å²) in [6.45, 7) is 1.70. The fourth-order valence-corrected chi connectivity index (χ4v) is 2.76. The smallest absolute Gasteiger partial charge is 0.272 e. The van der Waals surface area contributed by atoms with Gasteiger partial charge in [-0.1, -0.05) is 19.1 Å². The van der Waals surface area contributed by atoms with Gasteiger partial charge in [0.2, 0.25) is 0 Å². The third kappa shape index (κ3) is 5.31. The first-order valence-electron chi connectivity index (χ1n) is 7.47. The van der Waals surface area contributed by atoms with Crippen molar-refractivity contribution in [1.82, 2.24) is 10.3 Å². The first-order valence-corrected chi connectivity index (χ1v) is 8.95. The van der Waals surface area contributed by atoms with Gasteiger partial charge in [-0.25, -0.2) is 8.42 Å². The van der Waals surface area contributed by atoms with Crippen LogP contribution in [-0.2, 0) is 21.2 Å². The summed E-state index contributed by atoms with van der Waals surface area (Å²) in [6.07, 6.45) is 0.901. The number of aryl methyl sites for hydroxylation is 1. The zero-order valence-electron chi connectivity index (χ0n) is 13.5. The quantitative estimate of drug-likeness (QED) is 0.729. The van der Waals surface area contributed by atoms with E-state index in [2.05, 4.69) is 5.43 Å². The summed E-state index contributed by atoms with van der Waals surface area (Å²) in [7, 11) is -3.92. The van der Waals surface area contributed by atoms with Gasteiger partial charge in [0.1, 0.15) is 5.75 Å². The van der Waals surface area contributed by atoms with Crippen molar-refractivity contribution in [3.8, 4) is 11.8 Å². The van der Waals surface area contributed by atoms with Crippen molar-refractivity contribution >= 4 is 15.9 Å². The number of ether oxygens (including phenoxy) is 1. The molecule has 0 spiro atoms. The number of nitrogens with one attached hydrogen (secondary N) is 2. The SMILES string of the molecule is CCc1ccc(OCC(=O)NNS(=O)(=O)c2ccc(C#N)cc2)cc1. The van der Waals surface area contributed by atoms with Crippen LogP contribution in [-0.4, -0.2) is 20.9 Å². The molecule has 0 fully saturated rings. The highest BCUT2D eigenvalue weighted by Gasteiger charge is 2.15. The second-order valence-electron chi connectivity index (χ2n) is 5.08.